The van der Waals surface area contributed by atoms with E-state index in [1.54, 1.807) is 0 Å². The Kier molecular flexibility index (Phi) is 5.19. The number of aromatic nitrogens is 2. The SMILES string of the molecule is NC(=O)c1ccc(-n2c3ccccc3c3c(-c4cnc5ccccc5c4)cccc32)cc1NC1CC2CCC1O2. The first-order valence-electron chi connectivity index (χ1n) is 13.9. The molecular formula is C34H28N4O2. The largest absolute Gasteiger partial charge is 0.379 e. The zero-order chi connectivity index (χ0) is 26.8. The number of amides is 1. The number of carbonyl (C=O) groups excluding carboxylic acids is 1. The van der Waals surface area contributed by atoms with Gasteiger partial charge in [-0.05, 0) is 67.3 Å². The molecule has 0 radical (unpaired) electrons. The summed E-state index contributed by atoms with van der Waals surface area (Å²) in [6.07, 6.45) is 5.56. The molecule has 0 saturated carbocycles. The van der Waals surface area contributed by atoms with Crippen LogP contribution in [0.15, 0.2) is 97.2 Å². The molecule has 8 rings (SSSR count). The van der Waals surface area contributed by atoms with Gasteiger partial charge in [-0.2, -0.15) is 0 Å². The highest BCUT2D eigenvalue weighted by atomic mass is 16.5. The third kappa shape index (κ3) is 3.60. The van der Waals surface area contributed by atoms with Gasteiger partial charge in [0.05, 0.1) is 40.4 Å². The summed E-state index contributed by atoms with van der Waals surface area (Å²) < 4.78 is 8.34. The number of nitrogens with two attached hydrogens (primary N) is 1. The Labute approximate surface area is 231 Å². The predicted molar refractivity (Wildman–Crippen MR) is 160 cm³/mol. The van der Waals surface area contributed by atoms with E-state index < -0.39 is 5.91 Å². The van der Waals surface area contributed by atoms with E-state index in [1.165, 1.54) is 5.39 Å². The first kappa shape index (κ1) is 23.2. The van der Waals surface area contributed by atoms with E-state index in [4.69, 9.17) is 15.5 Å². The van der Waals surface area contributed by atoms with Crippen molar-refractivity contribution < 1.29 is 9.53 Å². The van der Waals surface area contributed by atoms with Gasteiger partial charge in [0.2, 0.25) is 0 Å². The molecule has 2 bridgehead atoms. The number of fused-ring (bicyclic) bond motifs is 6. The highest BCUT2D eigenvalue weighted by Crippen LogP contribution is 2.40. The predicted octanol–water partition coefficient (Wildman–Crippen LogP) is 6.83. The number of nitrogens with one attached hydrogen (secondary N) is 1. The lowest BCUT2D eigenvalue weighted by molar-refractivity contribution is 0.0997. The third-order valence-corrected chi connectivity index (χ3v) is 8.57. The molecule has 2 fully saturated rings. The van der Waals surface area contributed by atoms with Crippen LogP contribution in [0.4, 0.5) is 5.69 Å². The number of pyridine rings is 1. The molecule has 2 aromatic heterocycles. The van der Waals surface area contributed by atoms with Crippen LogP contribution >= 0.6 is 0 Å². The monoisotopic (exact) mass is 524 g/mol. The lowest BCUT2D eigenvalue weighted by atomic mass is 9.95. The molecule has 196 valence electrons. The molecule has 2 aliphatic heterocycles. The van der Waals surface area contributed by atoms with Gasteiger partial charge in [-0.1, -0.05) is 48.5 Å². The maximum Gasteiger partial charge on any atom is 0.250 e. The van der Waals surface area contributed by atoms with Crippen LogP contribution < -0.4 is 11.1 Å². The number of primary amides is 1. The summed E-state index contributed by atoms with van der Waals surface area (Å²) >= 11 is 0. The van der Waals surface area contributed by atoms with E-state index in [1.807, 2.05) is 36.5 Å². The van der Waals surface area contributed by atoms with Crippen LogP contribution in [0.2, 0.25) is 0 Å². The number of nitrogens with zero attached hydrogens (tertiary/aromatic N) is 2. The second-order valence-electron chi connectivity index (χ2n) is 10.9. The van der Waals surface area contributed by atoms with Crippen LogP contribution in [-0.2, 0) is 4.74 Å². The van der Waals surface area contributed by atoms with E-state index in [0.29, 0.717) is 11.7 Å². The van der Waals surface area contributed by atoms with Gasteiger partial charge < -0.3 is 20.4 Å². The van der Waals surface area contributed by atoms with Crippen molar-refractivity contribution in [3.63, 3.8) is 0 Å². The fraction of sp³-hybridized carbons (Fsp3) is 0.176. The molecule has 3 unspecified atom stereocenters. The van der Waals surface area contributed by atoms with Crippen LogP contribution in [0.1, 0.15) is 29.6 Å². The average molecular weight is 525 g/mol. The first-order valence-corrected chi connectivity index (χ1v) is 13.9. The summed E-state index contributed by atoms with van der Waals surface area (Å²) in [4.78, 5) is 17.2. The minimum absolute atomic E-state index is 0.178. The highest BCUT2D eigenvalue weighted by Gasteiger charge is 2.41. The molecule has 3 atom stereocenters. The van der Waals surface area contributed by atoms with Crippen molar-refractivity contribution in [3.05, 3.63) is 103 Å². The van der Waals surface area contributed by atoms with Gasteiger partial charge in [-0.15, -0.1) is 0 Å². The molecule has 2 saturated heterocycles. The number of hydrogen-bond donors (Lipinski definition) is 2. The van der Waals surface area contributed by atoms with Crippen LogP contribution in [0, 0.1) is 0 Å². The van der Waals surface area contributed by atoms with Crippen LogP contribution in [0.25, 0.3) is 49.5 Å². The Bertz CT molecular complexity index is 1960. The molecule has 3 N–H and O–H groups in total. The van der Waals surface area contributed by atoms with Crippen LogP contribution in [-0.4, -0.2) is 33.7 Å². The van der Waals surface area contributed by atoms with Crippen molar-refractivity contribution in [2.75, 3.05) is 5.32 Å². The van der Waals surface area contributed by atoms with E-state index in [2.05, 4.69) is 70.5 Å². The topological polar surface area (TPSA) is 82.2 Å². The second kappa shape index (κ2) is 8.93. The van der Waals surface area contributed by atoms with Crippen molar-refractivity contribution in [1.29, 1.82) is 0 Å². The highest BCUT2D eigenvalue weighted by molar-refractivity contribution is 6.16. The number of anilines is 1. The number of benzene rings is 4. The molecule has 0 aliphatic carbocycles. The number of para-hydroxylation sites is 2. The summed E-state index contributed by atoms with van der Waals surface area (Å²) in [5.41, 5.74) is 13.4. The molecule has 4 aromatic carbocycles. The molecule has 6 nitrogen and oxygen atoms in total. The standard InChI is InChI=1S/C34H28N4O2/c35-34(39)25-14-12-22(17-28(25)37-29-18-23-13-15-32(29)40-23)38-30-10-4-2-7-26(30)33-24(8-5-11-31(33)38)21-16-20-6-1-3-9-27(20)36-19-21/h1-12,14,16-17,19,23,29,32,37H,13,15,18H2,(H2,35,39). The van der Waals surface area contributed by atoms with E-state index in [0.717, 1.165) is 69.1 Å². The normalized spacial score (nSPS) is 20.1. The van der Waals surface area contributed by atoms with Crippen molar-refractivity contribution in [3.8, 4) is 16.8 Å². The summed E-state index contributed by atoms with van der Waals surface area (Å²) in [5.74, 6) is -0.438. The number of hydrogen-bond acceptors (Lipinski definition) is 4. The summed E-state index contributed by atoms with van der Waals surface area (Å²) in [6.45, 7) is 0. The molecule has 1 amide bonds. The quantitative estimate of drug-likeness (QED) is 0.259. The van der Waals surface area contributed by atoms with Gasteiger partial charge in [-0.3, -0.25) is 9.78 Å². The van der Waals surface area contributed by atoms with Gasteiger partial charge in [0, 0.05) is 39.3 Å². The fourth-order valence-electron chi connectivity index (χ4n) is 6.75. The van der Waals surface area contributed by atoms with Gasteiger partial charge in [0.15, 0.2) is 0 Å². The average Bonchev–Trinajstić information content (AvgIpc) is 3.70. The molecule has 4 heterocycles. The lowest BCUT2D eigenvalue weighted by Crippen LogP contribution is -2.31. The smallest absolute Gasteiger partial charge is 0.250 e. The molecule has 6 aromatic rings. The van der Waals surface area contributed by atoms with Crippen molar-refractivity contribution in [1.82, 2.24) is 9.55 Å². The first-order chi connectivity index (χ1) is 19.6. The third-order valence-electron chi connectivity index (χ3n) is 8.57. The minimum atomic E-state index is -0.438. The molecular weight excluding hydrogens is 496 g/mol. The van der Waals surface area contributed by atoms with Crippen LogP contribution in [0.5, 0.6) is 0 Å². The molecule has 0 spiro atoms. The molecule has 40 heavy (non-hydrogen) atoms. The number of carbonyl (C=O) groups is 1. The van der Waals surface area contributed by atoms with Crippen molar-refractivity contribution in [2.45, 2.75) is 37.5 Å². The Balaban J connectivity index is 1.32. The van der Waals surface area contributed by atoms with Gasteiger partial charge >= 0.3 is 0 Å². The number of ether oxygens (including phenoxy) is 1. The van der Waals surface area contributed by atoms with Gasteiger partial charge in [0.1, 0.15) is 0 Å². The Morgan fingerprint density at radius 3 is 2.62 bits per heavy atom. The van der Waals surface area contributed by atoms with E-state index in [9.17, 15) is 4.79 Å². The van der Waals surface area contributed by atoms with Crippen LogP contribution in [0.3, 0.4) is 0 Å². The zero-order valence-electron chi connectivity index (χ0n) is 21.9. The van der Waals surface area contributed by atoms with Gasteiger partial charge in [-0.25, -0.2) is 0 Å². The fourth-order valence-corrected chi connectivity index (χ4v) is 6.75. The Hall–Kier alpha value is -4.68. The van der Waals surface area contributed by atoms with Crippen molar-refractivity contribution >= 4 is 44.3 Å². The Morgan fingerprint density at radius 1 is 0.925 bits per heavy atom. The maximum atomic E-state index is 12.4. The zero-order valence-corrected chi connectivity index (χ0v) is 21.9. The summed E-state index contributed by atoms with van der Waals surface area (Å²) in [6, 6.07) is 31.4. The second-order valence-corrected chi connectivity index (χ2v) is 10.9. The van der Waals surface area contributed by atoms with E-state index >= 15 is 0 Å². The Morgan fingerprint density at radius 2 is 1.77 bits per heavy atom. The minimum Gasteiger partial charge on any atom is -0.379 e. The van der Waals surface area contributed by atoms with Crippen molar-refractivity contribution in [2.24, 2.45) is 5.73 Å². The number of rotatable bonds is 5. The molecule has 2 aliphatic rings. The summed E-state index contributed by atoms with van der Waals surface area (Å²) in [7, 11) is 0. The summed E-state index contributed by atoms with van der Waals surface area (Å²) in [5, 5.41) is 7.08. The van der Waals surface area contributed by atoms with Gasteiger partial charge in [0.25, 0.3) is 5.91 Å². The maximum absolute atomic E-state index is 12.4. The lowest BCUT2D eigenvalue weighted by Gasteiger charge is -2.23. The molecule has 6 heteroatoms. The van der Waals surface area contributed by atoms with E-state index in [-0.39, 0.29) is 12.1 Å².